The van der Waals surface area contributed by atoms with Gasteiger partial charge < -0.3 is 18.6 Å². The van der Waals surface area contributed by atoms with Crippen LogP contribution in [0.25, 0.3) is 143 Å². The summed E-state index contributed by atoms with van der Waals surface area (Å²) in [6, 6.07) is 121. The SMILES string of the molecule is CC(C)(C)c1cc(-c2ccccc2)c(N2c3cc(-c4cc5c6ccccc6n6c7ccccc7c(c4)c56)ccc3B3c4ccc(-c5cc6c7ccccc7n7c8ccccc8c(c5)c67)cc4N(c4c(-c5ccccc5)cc(C(C)(C)C)cc4-c4ccccc4)c4cc(C(C)(C)C)cc2c43)c(-c2ccccc2)c1. The highest BCUT2D eigenvalue weighted by Crippen LogP contribution is 2.57. The molecule has 0 radical (unpaired) electrons. The monoisotopic (exact) mass is 1370 g/mol. The Morgan fingerprint density at radius 1 is 0.224 bits per heavy atom. The number of benzene rings is 15. The fourth-order valence-electron chi connectivity index (χ4n) is 18.5. The van der Waals surface area contributed by atoms with Crippen molar-refractivity contribution in [3.05, 3.63) is 332 Å². The van der Waals surface area contributed by atoms with Gasteiger partial charge in [0.1, 0.15) is 0 Å². The Hall–Kier alpha value is -12.4. The van der Waals surface area contributed by atoms with Crippen LogP contribution in [0, 0.1) is 0 Å². The average Bonchev–Trinajstić information content (AvgIpc) is 0.941. The molecule has 2 aliphatic heterocycles. The molecule has 15 aromatic carbocycles. The third-order valence-electron chi connectivity index (χ3n) is 23.8. The molecule has 0 fully saturated rings. The second-order valence-corrected chi connectivity index (χ2v) is 33.2. The fourth-order valence-corrected chi connectivity index (χ4v) is 18.5. The van der Waals surface area contributed by atoms with Crippen molar-refractivity contribution in [1.82, 2.24) is 8.80 Å². The molecule has 6 heterocycles. The van der Waals surface area contributed by atoms with Gasteiger partial charge in [-0.1, -0.05) is 281 Å². The van der Waals surface area contributed by atoms with E-state index in [9.17, 15) is 0 Å². The van der Waals surface area contributed by atoms with Crippen LogP contribution >= 0.6 is 0 Å². The Morgan fingerprint density at radius 2 is 0.495 bits per heavy atom. The van der Waals surface area contributed by atoms with Crippen LogP contribution < -0.4 is 26.2 Å². The van der Waals surface area contributed by atoms with Gasteiger partial charge in [0.25, 0.3) is 6.71 Å². The first-order valence-electron chi connectivity index (χ1n) is 38.0. The number of aromatic nitrogens is 2. The molecular formula is C102H79BN4. The van der Waals surface area contributed by atoms with Crippen LogP contribution in [0.3, 0.4) is 0 Å². The molecule has 0 saturated carbocycles. The maximum Gasteiger partial charge on any atom is 0.252 e. The molecule has 4 aromatic heterocycles. The van der Waals surface area contributed by atoms with Gasteiger partial charge in [-0.2, -0.15) is 0 Å². The van der Waals surface area contributed by atoms with Crippen LogP contribution in [0.4, 0.5) is 34.1 Å². The highest BCUT2D eigenvalue weighted by atomic mass is 15.2. The minimum atomic E-state index is -0.328. The second kappa shape index (κ2) is 23.0. The number of nitrogens with zero attached hydrogens (tertiary/aromatic N) is 4. The highest BCUT2D eigenvalue weighted by molar-refractivity contribution is 7.00. The van der Waals surface area contributed by atoms with E-state index in [0.29, 0.717) is 0 Å². The van der Waals surface area contributed by atoms with E-state index < -0.39 is 0 Å². The summed E-state index contributed by atoms with van der Waals surface area (Å²) >= 11 is 0. The second-order valence-electron chi connectivity index (χ2n) is 33.2. The van der Waals surface area contributed by atoms with Crippen molar-refractivity contribution in [3.8, 4) is 66.8 Å². The van der Waals surface area contributed by atoms with Crippen molar-refractivity contribution in [2.45, 2.75) is 78.6 Å². The van der Waals surface area contributed by atoms with Crippen molar-refractivity contribution < 1.29 is 0 Å². The lowest BCUT2D eigenvalue weighted by atomic mass is 9.33. The Labute approximate surface area is 625 Å². The number of fused-ring (bicyclic) bond motifs is 16. The number of anilines is 6. The molecule has 0 N–H and O–H groups in total. The molecule has 0 atom stereocenters. The molecule has 510 valence electrons. The quantitative estimate of drug-likeness (QED) is 0.141. The average molecular weight is 1370 g/mol. The maximum atomic E-state index is 2.75. The van der Waals surface area contributed by atoms with Gasteiger partial charge in [-0.05, 0) is 191 Å². The van der Waals surface area contributed by atoms with E-state index in [0.717, 1.165) is 33.9 Å². The lowest BCUT2D eigenvalue weighted by molar-refractivity contribution is 0.590. The number of hydrogen-bond acceptors (Lipinski definition) is 2. The first-order chi connectivity index (χ1) is 52.0. The van der Waals surface area contributed by atoms with Gasteiger partial charge in [-0.15, -0.1) is 0 Å². The molecule has 19 aromatic rings. The molecule has 4 nitrogen and oxygen atoms in total. The van der Waals surface area contributed by atoms with Crippen LogP contribution in [0.2, 0.25) is 0 Å². The van der Waals surface area contributed by atoms with E-state index in [1.54, 1.807) is 0 Å². The molecule has 0 spiro atoms. The van der Waals surface area contributed by atoms with Crippen LogP contribution in [-0.4, -0.2) is 15.5 Å². The lowest BCUT2D eigenvalue weighted by Gasteiger charge is -2.47. The summed E-state index contributed by atoms with van der Waals surface area (Å²) in [5, 5.41) is 10.1. The van der Waals surface area contributed by atoms with Crippen LogP contribution in [-0.2, 0) is 16.2 Å². The molecule has 21 rings (SSSR count). The summed E-state index contributed by atoms with van der Waals surface area (Å²) in [7, 11) is 0. The maximum absolute atomic E-state index is 2.75. The summed E-state index contributed by atoms with van der Waals surface area (Å²) in [5.74, 6) is 0. The zero-order valence-corrected chi connectivity index (χ0v) is 61.9. The predicted molar refractivity (Wildman–Crippen MR) is 458 cm³/mol. The Balaban J connectivity index is 0.927. The summed E-state index contributed by atoms with van der Waals surface area (Å²) in [6.45, 7) is 21.2. The van der Waals surface area contributed by atoms with Crippen molar-refractivity contribution in [1.29, 1.82) is 0 Å². The van der Waals surface area contributed by atoms with Gasteiger partial charge >= 0.3 is 0 Å². The third-order valence-corrected chi connectivity index (χ3v) is 23.8. The van der Waals surface area contributed by atoms with Gasteiger partial charge in [-0.3, -0.25) is 0 Å². The topological polar surface area (TPSA) is 15.3 Å². The fraction of sp³-hybridized carbons (Fsp3) is 0.118. The summed E-state index contributed by atoms with van der Waals surface area (Å²) in [6.07, 6.45) is 0. The van der Waals surface area contributed by atoms with Gasteiger partial charge in [-0.25, -0.2) is 0 Å². The molecule has 0 bridgehead atoms. The van der Waals surface area contributed by atoms with Crippen molar-refractivity contribution >= 4 is 133 Å². The van der Waals surface area contributed by atoms with Crippen molar-refractivity contribution in [3.63, 3.8) is 0 Å². The molecule has 0 aliphatic carbocycles. The largest absolute Gasteiger partial charge is 0.310 e. The van der Waals surface area contributed by atoms with Gasteiger partial charge in [0, 0.05) is 88.1 Å². The van der Waals surface area contributed by atoms with Crippen LogP contribution in [0.15, 0.2) is 315 Å². The van der Waals surface area contributed by atoms with E-state index in [4.69, 9.17) is 0 Å². The Kier molecular flexibility index (Phi) is 13.6. The normalized spacial score (nSPS) is 13.2. The summed E-state index contributed by atoms with van der Waals surface area (Å²) in [4.78, 5) is 5.50. The molecule has 0 saturated heterocycles. The Morgan fingerprint density at radius 3 is 0.785 bits per heavy atom. The first kappa shape index (κ1) is 63.1. The first-order valence-corrected chi connectivity index (χ1v) is 38.0. The molecule has 5 heteroatoms. The smallest absolute Gasteiger partial charge is 0.252 e. The number of rotatable bonds is 8. The lowest BCUT2D eigenvalue weighted by Crippen LogP contribution is -2.61. The van der Waals surface area contributed by atoms with Crippen molar-refractivity contribution in [2.24, 2.45) is 0 Å². The van der Waals surface area contributed by atoms with E-state index in [1.807, 2.05) is 0 Å². The highest BCUT2D eigenvalue weighted by Gasteiger charge is 2.47. The summed E-state index contributed by atoms with van der Waals surface area (Å²) in [5.41, 5.74) is 35.3. The van der Waals surface area contributed by atoms with Gasteiger partial charge in [0.05, 0.1) is 44.5 Å². The van der Waals surface area contributed by atoms with E-state index in [-0.39, 0.29) is 23.0 Å². The van der Waals surface area contributed by atoms with E-state index in [1.165, 1.54) is 176 Å². The summed E-state index contributed by atoms with van der Waals surface area (Å²) < 4.78 is 4.99. The van der Waals surface area contributed by atoms with Gasteiger partial charge in [0.2, 0.25) is 0 Å². The zero-order valence-electron chi connectivity index (χ0n) is 61.9. The molecule has 0 unspecified atom stereocenters. The standard InChI is InChI=1S/C102H79BN4/c1-100(2,3)70-56-77(62-30-14-10-15-31-62)96(78(57-70)63-32-16-11-17-33-63)106-91-54-66(68-50-81-73-38-22-26-42-87(73)104-88-43-27-23-39-74(88)82(51-68)98(81)104)46-48-85(91)103-86-49-47-67(69-52-83-75-40-24-28-44-89(75)105-90-45-29-25-41-76(90)84(53-69)99(83)105)55-92(86)107(94-61-72(102(7,8)9)60-93(106)95(94)103)97-79(64-34-18-12-19-35-64)58-71(101(4,5)6)59-80(97)65-36-20-13-21-37-65/h10-61H,1-9H3. The zero-order chi connectivity index (χ0) is 72.1. The number of hydrogen-bond donors (Lipinski definition) is 0. The Bertz CT molecular complexity index is 6170. The predicted octanol–water partition coefficient (Wildman–Crippen LogP) is 26.0. The van der Waals surface area contributed by atoms with Crippen molar-refractivity contribution in [2.75, 3.05) is 9.80 Å². The molecular weight excluding hydrogens is 1290 g/mol. The minimum Gasteiger partial charge on any atom is -0.310 e. The number of para-hydroxylation sites is 4. The van der Waals surface area contributed by atoms with Gasteiger partial charge in [0.15, 0.2) is 0 Å². The van der Waals surface area contributed by atoms with E-state index in [2.05, 4.69) is 396 Å². The molecule has 107 heavy (non-hydrogen) atoms. The van der Waals surface area contributed by atoms with E-state index >= 15 is 0 Å². The molecule has 0 amide bonds. The minimum absolute atomic E-state index is 0.192. The molecule has 2 aliphatic rings. The van der Waals surface area contributed by atoms with Crippen LogP contribution in [0.5, 0.6) is 0 Å². The van der Waals surface area contributed by atoms with Crippen LogP contribution in [0.1, 0.15) is 79.0 Å². The third kappa shape index (κ3) is 9.49.